The zero-order valence-corrected chi connectivity index (χ0v) is 19.8. The van der Waals surface area contributed by atoms with Crippen molar-refractivity contribution in [1.29, 1.82) is 0 Å². The molecule has 0 saturated carbocycles. The molecule has 0 aliphatic rings. The summed E-state index contributed by atoms with van der Waals surface area (Å²) in [5.41, 5.74) is 6.23. The predicted molar refractivity (Wildman–Crippen MR) is 136 cm³/mol. The molecule has 11 nitrogen and oxygen atoms in total. The topological polar surface area (TPSA) is 146 Å². The van der Waals surface area contributed by atoms with Crippen LogP contribution in [0, 0.1) is 6.92 Å². The smallest absolute Gasteiger partial charge is 0.166 e. The number of imidazole rings is 2. The minimum atomic E-state index is -0.623. The first kappa shape index (κ1) is 21.9. The summed E-state index contributed by atoms with van der Waals surface area (Å²) >= 11 is 0. The predicted octanol–water partition coefficient (Wildman–Crippen LogP) is 3.98. The lowest BCUT2D eigenvalue weighted by Gasteiger charge is -2.13. The maximum atomic E-state index is 10.1. The summed E-state index contributed by atoms with van der Waals surface area (Å²) in [7, 11) is 0. The van der Waals surface area contributed by atoms with Gasteiger partial charge >= 0.3 is 0 Å². The third-order valence-electron chi connectivity index (χ3n) is 5.94. The highest BCUT2D eigenvalue weighted by Gasteiger charge is 2.17. The average Bonchev–Trinajstić information content (AvgIpc) is 3.61. The monoisotopic (exact) mass is 480 g/mol. The van der Waals surface area contributed by atoms with Crippen LogP contribution in [-0.4, -0.2) is 56.0 Å². The van der Waals surface area contributed by atoms with Gasteiger partial charge in [-0.2, -0.15) is 5.10 Å². The first-order chi connectivity index (χ1) is 17.6. The Morgan fingerprint density at radius 2 is 2.03 bits per heavy atom. The molecule has 0 fully saturated rings. The Morgan fingerprint density at radius 1 is 1.11 bits per heavy atom. The van der Waals surface area contributed by atoms with Gasteiger partial charge in [-0.3, -0.25) is 19.6 Å². The molecule has 4 N–H and O–H groups in total. The number of rotatable bonds is 7. The molecule has 11 heteroatoms. The second-order valence-electron chi connectivity index (χ2n) is 8.64. The molecule has 6 aromatic heterocycles. The number of aliphatic hydroxyl groups excluding tert-OH is 1. The van der Waals surface area contributed by atoms with E-state index in [9.17, 15) is 5.11 Å². The van der Waals surface area contributed by atoms with Gasteiger partial charge in [0.25, 0.3) is 0 Å². The molecule has 6 rings (SSSR count). The van der Waals surface area contributed by atoms with E-state index in [1.165, 1.54) is 0 Å². The van der Waals surface area contributed by atoms with E-state index in [1.54, 1.807) is 31.1 Å². The number of aryl methyl sites for hydroxylation is 1. The number of nitrogens with zero attached hydrogens (tertiary/aromatic N) is 7. The standard InChI is InChI=1S/C25H24N10O/c1-3-4-21(36)30-16-7-15(9-26-10-16)19-8-17-20(11-28-19)33-34-22(17)24-31-18-5-6-27-25(23(18)32-24)35-12-14(2)29-13-35/h5-13,21,30,36H,3-4H2,1-2H3,(H,31,32)(H,33,34). The summed E-state index contributed by atoms with van der Waals surface area (Å²) in [6.07, 6.45) is 11.5. The lowest BCUT2D eigenvalue weighted by atomic mass is 10.1. The van der Waals surface area contributed by atoms with E-state index in [2.05, 4.69) is 40.4 Å². The van der Waals surface area contributed by atoms with Crippen LogP contribution < -0.4 is 5.32 Å². The summed E-state index contributed by atoms with van der Waals surface area (Å²) in [5.74, 6) is 1.31. The van der Waals surface area contributed by atoms with Crippen molar-refractivity contribution >= 4 is 27.6 Å². The molecular weight excluding hydrogens is 456 g/mol. The van der Waals surface area contributed by atoms with Gasteiger partial charge in [-0.15, -0.1) is 0 Å². The molecule has 0 bridgehead atoms. The van der Waals surface area contributed by atoms with E-state index in [1.807, 2.05) is 42.8 Å². The average molecular weight is 481 g/mol. The van der Waals surface area contributed by atoms with E-state index >= 15 is 0 Å². The van der Waals surface area contributed by atoms with Gasteiger partial charge in [-0.25, -0.2) is 15.0 Å². The Bertz CT molecular complexity index is 1680. The molecule has 6 aromatic rings. The van der Waals surface area contributed by atoms with E-state index in [-0.39, 0.29) is 0 Å². The molecule has 0 aliphatic heterocycles. The number of hydrogen-bond acceptors (Lipinski definition) is 8. The second kappa shape index (κ2) is 8.86. The minimum Gasteiger partial charge on any atom is -0.374 e. The van der Waals surface area contributed by atoms with Gasteiger partial charge in [0.15, 0.2) is 11.6 Å². The summed E-state index contributed by atoms with van der Waals surface area (Å²) in [5, 5.41) is 21.6. The second-order valence-corrected chi connectivity index (χ2v) is 8.64. The number of hydrogen-bond donors (Lipinski definition) is 4. The molecule has 0 saturated heterocycles. The van der Waals surface area contributed by atoms with Gasteiger partial charge in [0.05, 0.1) is 40.5 Å². The van der Waals surface area contributed by atoms with E-state index in [4.69, 9.17) is 4.98 Å². The first-order valence-corrected chi connectivity index (χ1v) is 11.7. The zero-order chi connectivity index (χ0) is 24.6. The lowest BCUT2D eigenvalue weighted by Crippen LogP contribution is -2.18. The summed E-state index contributed by atoms with van der Waals surface area (Å²) in [6.45, 7) is 3.96. The van der Waals surface area contributed by atoms with E-state index in [0.29, 0.717) is 23.8 Å². The third-order valence-corrected chi connectivity index (χ3v) is 5.94. The molecule has 6 heterocycles. The van der Waals surface area contributed by atoms with Crippen molar-refractivity contribution in [3.63, 3.8) is 0 Å². The van der Waals surface area contributed by atoms with Crippen molar-refractivity contribution in [2.75, 3.05) is 5.32 Å². The molecule has 180 valence electrons. The fraction of sp³-hybridized carbons (Fsp3) is 0.200. The van der Waals surface area contributed by atoms with Gasteiger partial charge in [0.2, 0.25) is 0 Å². The fourth-order valence-electron chi connectivity index (χ4n) is 4.21. The van der Waals surface area contributed by atoms with Crippen LogP contribution in [0.4, 0.5) is 5.69 Å². The van der Waals surface area contributed by atoms with Crippen molar-refractivity contribution in [3.05, 3.63) is 61.2 Å². The maximum absolute atomic E-state index is 10.1. The van der Waals surface area contributed by atoms with Crippen LogP contribution in [-0.2, 0) is 0 Å². The molecule has 0 aliphatic carbocycles. The molecule has 0 aromatic carbocycles. The summed E-state index contributed by atoms with van der Waals surface area (Å²) < 4.78 is 1.86. The Kier molecular flexibility index (Phi) is 5.38. The van der Waals surface area contributed by atoms with Gasteiger partial charge in [-0.1, -0.05) is 13.3 Å². The Hall–Kier alpha value is -4.64. The van der Waals surface area contributed by atoms with Crippen LogP contribution in [0.3, 0.4) is 0 Å². The number of nitrogens with one attached hydrogen (secondary N) is 3. The zero-order valence-electron chi connectivity index (χ0n) is 19.8. The van der Waals surface area contributed by atoms with Crippen LogP contribution in [0.15, 0.2) is 55.5 Å². The lowest BCUT2D eigenvalue weighted by molar-refractivity contribution is 0.192. The number of aromatic amines is 2. The molecule has 0 spiro atoms. The maximum Gasteiger partial charge on any atom is 0.166 e. The van der Waals surface area contributed by atoms with E-state index in [0.717, 1.165) is 51.0 Å². The van der Waals surface area contributed by atoms with Gasteiger partial charge < -0.3 is 15.4 Å². The third kappa shape index (κ3) is 3.95. The summed E-state index contributed by atoms with van der Waals surface area (Å²) in [4.78, 5) is 25.9. The van der Waals surface area contributed by atoms with Crippen molar-refractivity contribution in [3.8, 4) is 28.6 Å². The number of aromatic nitrogens is 9. The van der Waals surface area contributed by atoms with Crippen LogP contribution in [0.2, 0.25) is 0 Å². The number of pyridine rings is 3. The number of H-pyrrole nitrogens is 2. The van der Waals surface area contributed by atoms with Gasteiger partial charge in [-0.05, 0) is 31.5 Å². The van der Waals surface area contributed by atoms with Crippen molar-refractivity contribution in [2.24, 2.45) is 0 Å². The minimum absolute atomic E-state index is 0.621. The largest absolute Gasteiger partial charge is 0.374 e. The Balaban J connectivity index is 1.40. The number of fused-ring (bicyclic) bond motifs is 2. The van der Waals surface area contributed by atoms with E-state index < -0.39 is 6.23 Å². The highest BCUT2D eigenvalue weighted by molar-refractivity contribution is 5.95. The summed E-state index contributed by atoms with van der Waals surface area (Å²) in [6, 6.07) is 5.77. The van der Waals surface area contributed by atoms with Crippen LogP contribution in [0.1, 0.15) is 25.5 Å². The molecular formula is C25H24N10O. The highest BCUT2D eigenvalue weighted by Crippen LogP contribution is 2.30. The molecule has 0 radical (unpaired) electrons. The van der Waals surface area contributed by atoms with Gasteiger partial charge in [0.1, 0.15) is 23.8 Å². The molecule has 0 amide bonds. The molecule has 36 heavy (non-hydrogen) atoms. The van der Waals surface area contributed by atoms with Crippen molar-refractivity contribution in [1.82, 2.24) is 44.7 Å². The number of aliphatic hydroxyl groups is 1. The van der Waals surface area contributed by atoms with Crippen LogP contribution in [0.25, 0.3) is 50.5 Å². The van der Waals surface area contributed by atoms with Crippen molar-refractivity contribution < 1.29 is 5.11 Å². The SMILES string of the molecule is CCCC(O)Nc1cncc(-c2cc3c(-c4nc5c(-n6cnc(C)c6)nccc5[nH]4)n[nH]c3cn2)c1. The van der Waals surface area contributed by atoms with Crippen LogP contribution >= 0.6 is 0 Å². The Morgan fingerprint density at radius 3 is 2.86 bits per heavy atom. The number of anilines is 1. The fourth-order valence-corrected chi connectivity index (χ4v) is 4.21. The highest BCUT2D eigenvalue weighted by atomic mass is 16.3. The molecule has 1 unspecified atom stereocenters. The van der Waals surface area contributed by atoms with Gasteiger partial charge in [0, 0.05) is 29.5 Å². The first-order valence-electron chi connectivity index (χ1n) is 11.7. The molecule has 1 atom stereocenters. The quantitative estimate of drug-likeness (QED) is 0.251. The van der Waals surface area contributed by atoms with Crippen LogP contribution in [0.5, 0.6) is 0 Å². The van der Waals surface area contributed by atoms with Crippen molar-refractivity contribution in [2.45, 2.75) is 32.9 Å². The normalized spacial score (nSPS) is 12.4. The Labute approximate surface area is 205 Å².